The Morgan fingerprint density at radius 2 is 1.65 bits per heavy atom. The number of hydrogen-bond acceptors (Lipinski definition) is 2. The Bertz CT molecular complexity index is 437. The maximum Gasteiger partial charge on any atom is 0.408 e. The van der Waals surface area contributed by atoms with E-state index in [-0.39, 0.29) is 5.92 Å². The lowest BCUT2D eigenvalue weighted by atomic mass is 9.89. The summed E-state index contributed by atoms with van der Waals surface area (Å²) >= 11 is 0. The van der Waals surface area contributed by atoms with Crippen molar-refractivity contribution in [2.24, 2.45) is 5.92 Å². The Morgan fingerprint density at radius 3 is 2.00 bits per heavy atom. The molecule has 1 aromatic carbocycles. The van der Waals surface area contributed by atoms with Crippen molar-refractivity contribution in [2.75, 3.05) is 0 Å². The second-order valence-corrected chi connectivity index (χ2v) is 6.41. The molecule has 1 unspecified atom stereocenters. The number of rotatable bonds is 4. The van der Waals surface area contributed by atoms with E-state index in [1.165, 1.54) is 4.90 Å². The lowest BCUT2D eigenvalue weighted by Crippen LogP contribution is -2.55. The van der Waals surface area contributed by atoms with Crippen LogP contribution >= 0.6 is 0 Å². The van der Waals surface area contributed by atoms with E-state index < -0.39 is 23.8 Å². The van der Waals surface area contributed by atoms with Crippen LogP contribution in [-0.4, -0.2) is 32.8 Å². The average Bonchev–Trinajstić information content (AvgIpc) is 2.33. The molecule has 4 nitrogen and oxygen atoms in total. The number of hydrogen-bond donors (Lipinski definition) is 2. The number of nitrogens with zero attached hydrogens (tertiary/aromatic N) is 1. The largest absolute Gasteiger partial charge is 0.465 e. The second kappa shape index (κ2) is 6.27. The fourth-order valence-electron chi connectivity index (χ4n) is 2.51. The van der Waals surface area contributed by atoms with Crippen LogP contribution in [0.1, 0.15) is 46.3 Å². The molecular formula is C16H25NO3. The van der Waals surface area contributed by atoms with Crippen LogP contribution in [0.15, 0.2) is 30.3 Å². The van der Waals surface area contributed by atoms with Gasteiger partial charge in [-0.05, 0) is 32.3 Å². The molecule has 2 atom stereocenters. The maximum absolute atomic E-state index is 11.6. The molecule has 0 radical (unpaired) electrons. The molecule has 1 rings (SSSR count). The lowest BCUT2D eigenvalue weighted by molar-refractivity contribution is -0.0131. The quantitative estimate of drug-likeness (QED) is 0.886. The van der Waals surface area contributed by atoms with Crippen molar-refractivity contribution in [3.8, 4) is 0 Å². The number of aliphatic hydroxyl groups excluding tert-OH is 1. The van der Waals surface area contributed by atoms with E-state index in [9.17, 15) is 15.0 Å². The summed E-state index contributed by atoms with van der Waals surface area (Å²) in [6, 6.07) is 8.72. The minimum Gasteiger partial charge on any atom is -0.465 e. The Balaban J connectivity index is 3.19. The van der Waals surface area contributed by atoms with E-state index in [0.717, 1.165) is 5.56 Å². The van der Waals surface area contributed by atoms with Gasteiger partial charge in [0.15, 0.2) is 0 Å². The van der Waals surface area contributed by atoms with Gasteiger partial charge in [-0.15, -0.1) is 0 Å². The Hall–Kier alpha value is -1.55. The minimum atomic E-state index is -1.01. The summed E-state index contributed by atoms with van der Waals surface area (Å²) in [5.74, 6) is 0.000492. The third-order valence-electron chi connectivity index (χ3n) is 3.37. The van der Waals surface area contributed by atoms with Gasteiger partial charge in [-0.3, -0.25) is 4.90 Å². The minimum absolute atomic E-state index is 0.000492. The summed E-state index contributed by atoms with van der Waals surface area (Å²) < 4.78 is 0. The SMILES string of the molecule is CC(C)[C@@H](C(O)c1ccccc1)N(C(=O)O)C(C)(C)C. The van der Waals surface area contributed by atoms with Crippen LogP contribution in [0.2, 0.25) is 0 Å². The van der Waals surface area contributed by atoms with Crippen LogP contribution < -0.4 is 0 Å². The first-order chi connectivity index (χ1) is 9.16. The predicted molar refractivity (Wildman–Crippen MR) is 79.6 cm³/mol. The van der Waals surface area contributed by atoms with E-state index in [0.29, 0.717) is 0 Å². The van der Waals surface area contributed by atoms with Crippen molar-refractivity contribution in [2.45, 2.75) is 52.3 Å². The first-order valence-electron chi connectivity index (χ1n) is 6.91. The van der Waals surface area contributed by atoms with Crippen molar-refractivity contribution in [1.82, 2.24) is 4.90 Å². The van der Waals surface area contributed by atoms with Crippen LogP contribution in [0.4, 0.5) is 4.79 Å². The van der Waals surface area contributed by atoms with Gasteiger partial charge in [0.05, 0.1) is 12.1 Å². The molecule has 0 fully saturated rings. The molecule has 0 aromatic heterocycles. The first kappa shape index (κ1) is 16.5. The van der Waals surface area contributed by atoms with Crippen LogP contribution in [0.5, 0.6) is 0 Å². The number of aliphatic hydroxyl groups is 1. The van der Waals surface area contributed by atoms with Crippen LogP contribution in [-0.2, 0) is 0 Å². The Labute approximate surface area is 121 Å². The van der Waals surface area contributed by atoms with Crippen molar-refractivity contribution >= 4 is 6.09 Å². The molecule has 20 heavy (non-hydrogen) atoms. The lowest BCUT2D eigenvalue weighted by Gasteiger charge is -2.43. The summed E-state index contributed by atoms with van der Waals surface area (Å²) in [4.78, 5) is 13.0. The molecule has 0 heterocycles. The van der Waals surface area contributed by atoms with Gasteiger partial charge >= 0.3 is 6.09 Å². The number of amides is 1. The van der Waals surface area contributed by atoms with E-state index in [1.54, 1.807) is 0 Å². The van der Waals surface area contributed by atoms with Gasteiger partial charge in [0.25, 0.3) is 0 Å². The monoisotopic (exact) mass is 279 g/mol. The third kappa shape index (κ3) is 3.73. The molecule has 0 aliphatic carbocycles. The Kier molecular flexibility index (Phi) is 5.17. The molecule has 2 N–H and O–H groups in total. The van der Waals surface area contributed by atoms with Gasteiger partial charge in [-0.25, -0.2) is 4.79 Å². The van der Waals surface area contributed by atoms with Crippen molar-refractivity contribution in [3.05, 3.63) is 35.9 Å². The molecule has 0 saturated heterocycles. The van der Waals surface area contributed by atoms with Gasteiger partial charge < -0.3 is 10.2 Å². The molecular weight excluding hydrogens is 254 g/mol. The van der Waals surface area contributed by atoms with Crippen molar-refractivity contribution in [1.29, 1.82) is 0 Å². The molecule has 1 amide bonds. The van der Waals surface area contributed by atoms with Crippen molar-refractivity contribution < 1.29 is 15.0 Å². The highest BCUT2D eigenvalue weighted by molar-refractivity contribution is 5.66. The molecule has 1 aromatic rings. The van der Waals surface area contributed by atoms with Gasteiger partial charge in [-0.1, -0.05) is 44.2 Å². The molecule has 0 saturated carbocycles. The molecule has 0 aliphatic rings. The summed E-state index contributed by atoms with van der Waals surface area (Å²) in [7, 11) is 0. The van der Waals surface area contributed by atoms with E-state index in [2.05, 4.69) is 0 Å². The van der Waals surface area contributed by atoms with Crippen LogP contribution in [0, 0.1) is 5.92 Å². The molecule has 0 bridgehead atoms. The zero-order valence-electron chi connectivity index (χ0n) is 12.9. The summed E-state index contributed by atoms with van der Waals surface area (Å²) in [6.45, 7) is 9.38. The van der Waals surface area contributed by atoms with Crippen molar-refractivity contribution in [3.63, 3.8) is 0 Å². The summed E-state index contributed by atoms with van der Waals surface area (Å²) in [5.41, 5.74) is 0.165. The maximum atomic E-state index is 11.6. The standard InChI is InChI=1S/C16H25NO3/c1-11(2)13(17(15(19)20)16(3,4)5)14(18)12-9-7-6-8-10-12/h6-11,13-14,18H,1-5H3,(H,19,20)/t13-,14?/m0/s1. The van der Waals surface area contributed by atoms with Gasteiger partial charge in [0.2, 0.25) is 0 Å². The third-order valence-corrected chi connectivity index (χ3v) is 3.37. The highest BCUT2D eigenvalue weighted by atomic mass is 16.4. The van der Waals surface area contributed by atoms with Gasteiger partial charge in [-0.2, -0.15) is 0 Å². The summed E-state index contributed by atoms with van der Waals surface area (Å²) in [5, 5.41) is 20.2. The van der Waals surface area contributed by atoms with Gasteiger partial charge in [0.1, 0.15) is 0 Å². The number of benzene rings is 1. The van der Waals surface area contributed by atoms with Gasteiger partial charge in [0, 0.05) is 5.54 Å². The number of carbonyl (C=O) groups is 1. The fourth-order valence-corrected chi connectivity index (χ4v) is 2.51. The molecule has 0 spiro atoms. The van der Waals surface area contributed by atoms with E-state index >= 15 is 0 Å². The fraction of sp³-hybridized carbons (Fsp3) is 0.562. The highest BCUT2D eigenvalue weighted by Gasteiger charge is 2.39. The second-order valence-electron chi connectivity index (χ2n) is 6.41. The van der Waals surface area contributed by atoms with E-state index in [4.69, 9.17) is 0 Å². The van der Waals surface area contributed by atoms with Crippen LogP contribution in [0.3, 0.4) is 0 Å². The summed E-state index contributed by atoms with van der Waals surface area (Å²) in [6.07, 6.45) is -1.85. The zero-order chi connectivity index (χ0) is 15.5. The van der Waals surface area contributed by atoms with Crippen LogP contribution in [0.25, 0.3) is 0 Å². The molecule has 112 valence electrons. The zero-order valence-corrected chi connectivity index (χ0v) is 12.9. The average molecular weight is 279 g/mol. The topological polar surface area (TPSA) is 60.8 Å². The normalized spacial score (nSPS) is 14.9. The molecule has 4 heteroatoms. The first-order valence-corrected chi connectivity index (χ1v) is 6.91. The highest BCUT2D eigenvalue weighted by Crippen LogP contribution is 2.31. The van der Waals surface area contributed by atoms with E-state index in [1.807, 2.05) is 65.0 Å². The number of carboxylic acid groups (broad SMARTS) is 1. The molecule has 0 aliphatic heterocycles. The Morgan fingerprint density at radius 1 is 1.15 bits per heavy atom. The predicted octanol–water partition coefficient (Wildman–Crippen LogP) is 3.52. The smallest absolute Gasteiger partial charge is 0.408 e.